The largest absolute Gasteiger partial charge is 0.478 e. The minimum Gasteiger partial charge on any atom is -0.478 e. The Kier molecular flexibility index (Phi) is 9.52. The number of esters is 1. The molecular formula is C21H39NO3. The molecule has 0 fully saturated rings. The maximum absolute atomic E-state index is 11.9. The molecule has 4 heteroatoms. The second-order valence-corrected chi connectivity index (χ2v) is 8.70. The van der Waals surface area contributed by atoms with Crippen LogP contribution < -0.4 is 0 Å². The zero-order valence-electron chi connectivity index (χ0n) is 17.2. The number of hydrogen-bond donors (Lipinski definition) is 0. The van der Waals surface area contributed by atoms with Crippen LogP contribution in [-0.2, 0) is 14.3 Å². The Balaban J connectivity index is 2.15. The number of hydrogen-bond acceptors (Lipinski definition) is 4. The third kappa shape index (κ3) is 9.27. The van der Waals surface area contributed by atoms with Gasteiger partial charge < -0.3 is 9.47 Å². The van der Waals surface area contributed by atoms with Crippen molar-refractivity contribution in [3.63, 3.8) is 0 Å². The van der Waals surface area contributed by atoms with Crippen molar-refractivity contribution in [3.8, 4) is 0 Å². The Bertz CT molecular complexity index is 425. The summed E-state index contributed by atoms with van der Waals surface area (Å²) < 4.78 is 11.1. The van der Waals surface area contributed by atoms with E-state index in [0.717, 1.165) is 18.7 Å². The predicted molar refractivity (Wildman–Crippen MR) is 104 cm³/mol. The fraction of sp³-hybridized carbons (Fsp3) is 0.905. The SMILES string of the molecule is CCCCCCCCCCCC1=NC(C)(COC(=O)C(C)(C)C)CO1. The third-order valence-corrected chi connectivity index (χ3v) is 4.57. The van der Waals surface area contributed by atoms with E-state index >= 15 is 0 Å². The highest BCUT2D eigenvalue weighted by molar-refractivity contribution is 5.78. The maximum atomic E-state index is 11.9. The molecule has 1 unspecified atom stereocenters. The van der Waals surface area contributed by atoms with Crippen LogP contribution in [0.4, 0.5) is 0 Å². The van der Waals surface area contributed by atoms with E-state index in [2.05, 4.69) is 11.9 Å². The van der Waals surface area contributed by atoms with Crippen LogP contribution in [0.15, 0.2) is 4.99 Å². The third-order valence-electron chi connectivity index (χ3n) is 4.57. The second kappa shape index (κ2) is 10.8. The summed E-state index contributed by atoms with van der Waals surface area (Å²) in [5.41, 5.74) is -0.894. The molecule has 0 aromatic rings. The maximum Gasteiger partial charge on any atom is 0.311 e. The molecule has 0 aromatic carbocycles. The second-order valence-electron chi connectivity index (χ2n) is 8.70. The van der Waals surface area contributed by atoms with Crippen molar-refractivity contribution >= 4 is 11.9 Å². The van der Waals surface area contributed by atoms with E-state index in [1.807, 2.05) is 27.7 Å². The highest BCUT2D eigenvalue weighted by Gasteiger charge is 2.34. The highest BCUT2D eigenvalue weighted by Crippen LogP contribution is 2.23. The zero-order chi connectivity index (χ0) is 18.8. The monoisotopic (exact) mass is 353 g/mol. The summed E-state index contributed by atoms with van der Waals surface area (Å²) in [7, 11) is 0. The lowest BCUT2D eigenvalue weighted by Crippen LogP contribution is -2.34. The van der Waals surface area contributed by atoms with Gasteiger partial charge in [-0.05, 0) is 34.1 Å². The summed E-state index contributed by atoms with van der Waals surface area (Å²) in [6.45, 7) is 10.6. The van der Waals surface area contributed by atoms with E-state index < -0.39 is 11.0 Å². The van der Waals surface area contributed by atoms with Crippen LogP contribution in [0.5, 0.6) is 0 Å². The number of carbonyl (C=O) groups is 1. The van der Waals surface area contributed by atoms with E-state index in [-0.39, 0.29) is 5.97 Å². The van der Waals surface area contributed by atoms with Gasteiger partial charge in [-0.15, -0.1) is 0 Å². The summed E-state index contributed by atoms with van der Waals surface area (Å²) in [6, 6.07) is 0. The van der Waals surface area contributed by atoms with Crippen molar-refractivity contribution in [2.24, 2.45) is 10.4 Å². The summed E-state index contributed by atoms with van der Waals surface area (Å²) in [4.78, 5) is 16.5. The van der Waals surface area contributed by atoms with Crippen LogP contribution in [-0.4, -0.2) is 30.6 Å². The van der Waals surface area contributed by atoms with Crippen LogP contribution in [0.3, 0.4) is 0 Å². The first kappa shape index (κ1) is 22.0. The van der Waals surface area contributed by atoms with E-state index in [4.69, 9.17) is 9.47 Å². The van der Waals surface area contributed by atoms with Crippen molar-refractivity contribution in [1.29, 1.82) is 0 Å². The fourth-order valence-electron chi connectivity index (χ4n) is 2.83. The van der Waals surface area contributed by atoms with Gasteiger partial charge in [0.2, 0.25) is 0 Å². The Morgan fingerprint density at radius 3 is 2.20 bits per heavy atom. The molecular weight excluding hydrogens is 314 g/mol. The molecule has 146 valence electrons. The quantitative estimate of drug-likeness (QED) is 0.335. The van der Waals surface area contributed by atoms with E-state index in [1.54, 1.807) is 0 Å². The molecule has 0 saturated heterocycles. The van der Waals surface area contributed by atoms with Crippen molar-refractivity contribution in [2.45, 2.75) is 104 Å². The van der Waals surface area contributed by atoms with Gasteiger partial charge >= 0.3 is 5.97 Å². The van der Waals surface area contributed by atoms with Crippen LogP contribution in [0.25, 0.3) is 0 Å². The van der Waals surface area contributed by atoms with Gasteiger partial charge in [0.15, 0.2) is 5.90 Å². The van der Waals surface area contributed by atoms with Gasteiger partial charge in [0, 0.05) is 6.42 Å². The molecule has 25 heavy (non-hydrogen) atoms. The molecule has 0 bridgehead atoms. The number of unbranched alkanes of at least 4 members (excludes halogenated alkanes) is 8. The Hall–Kier alpha value is -1.06. The molecule has 1 aliphatic heterocycles. The molecule has 0 aliphatic carbocycles. The first-order valence-corrected chi connectivity index (χ1v) is 10.2. The van der Waals surface area contributed by atoms with Gasteiger partial charge in [-0.1, -0.05) is 58.3 Å². The zero-order valence-corrected chi connectivity index (χ0v) is 17.2. The first-order valence-electron chi connectivity index (χ1n) is 10.2. The van der Waals surface area contributed by atoms with Crippen LogP contribution in [0, 0.1) is 5.41 Å². The number of carbonyl (C=O) groups excluding carboxylic acids is 1. The van der Waals surface area contributed by atoms with E-state index in [1.165, 1.54) is 51.4 Å². The molecule has 1 heterocycles. The molecule has 0 amide bonds. The average Bonchev–Trinajstić information content (AvgIpc) is 2.92. The van der Waals surface area contributed by atoms with Crippen LogP contribution in [0.2, 0.25) is 0 Å². The number of rotatable bonds is 12. The molecule has 0 radical (unpaired) electrons. The fourth-order valence-corrected chi connectivity index (χ4v) is 2.83. The predicted octanol–water partition coefficient (Wildman–Crippen LogP) is 5.68. The Morgan fingerprint density at radius 2 is 1.64 bits per heavy atom. The molecule has 1 aliphatic rings. The minimum atomic E-state index is -0.473. The van der Waals surface area contributed by atoms with Gasteiger partial charge in [0.25, 0.3) is 0 Å². The van der Waals surface area contributed by atoms with Crippen LogP contribution >= 0.6 is 0 Å². The Labute approximate surface area is 154 Å². The number of ether oxygens (including phenoxy) is 2. The summed E-state index contributed by atoms with van der Waals surface area (Å²) >= 11 is 0. The van der Waals surface area contributed by atoms with Crippen LogP contribution in [0.1, 0.15) is 98.8 Å². The smallest absolute Gasteiger partial charge is 0.311 e. The van der Waals surface area contributed by atoms with E-state index in [9.17, 15) is 4.79 Å². The van der Waals surface area contributed by atoms with Crippen molar-refractivity contribution < 1.29 is 14.3 Å². The van der Waals surface area contributed by atoms with Gasteiger partial charge in [0.05, 0.1) is 5.41 Å². The van der Waals surface area contributed by atoms with Crippen molar-refractivity contribution in [3.05, 3.63) is 0 Å². The lowest BCUT2D eigenvalue weighted by atomic mass is 9.97. The molecule has 0 N–H and O–H groups in total. The lowest BCUT2D eigenvalue weighted by Gasteiger charge is -2.22. The normalized spacial score (nSPS) is 20.3. The number of nitrogens with zero attached hydrogens (tertiary/aromatic N) is 1. The molecule has 4 nitrogen and oxygen atoms in total. The molecule has 0 saturated carbocycles. The Morgan fingerprint density at radius 1 is 1.08 bits per heavy atom. The molecule has 1 rings (SSSR count). The molecule has 0 spiro atoms. The average molecular weight is 354 g/mol. The molecule has 0 aromatic heterocycles. The summed E-state index contributed by atoms with van der Waals surface area (Å²) in [5, 5.41) is 0. The minimum absolute atomic E-state index is 0.184. The lowest BCUT2D eigenvalue weighted by molar-refractivity contribution is -0.154. The standard InChI is InChI=1S/C21H39NO3/c1-6-7-8-9-10-11-12-13-14-15-18-22-21(5,16-24-18)17-25-19(23)20(2,3)4/h6-17H2,1-5H3. The van der Waals surface area contributed by atoms with Gasteiger partial charge in [-0.2, -0.15) is 0 Å². The summed E-state index contributed by atoms with van der Waals surface area (Å²) in [6.07, 6.45) is 12.8. The van der Waals surface area contributed by atoms with Gasteiger partial charge in [-0.3, -0.25) is 4.79 Å². The first-order chi connectivity index (χ1) is 11.8. The van der Waals surface area contributed by atoms with E-state index in [0.29, 0.717) is 13.2 Å². The highest BCUT2D eigenvalue weighted by atomic mass is 16.5. The number of aliphatic imine (C=N–C) groups is 1. The molecule has 1 atom stereocenters. The summed E-state index contributed by atoms with van der Waals surface area (Å²) in [5.74, 6) is 0.647. The van der Waals surface area contributed by atoms with Gasteiger partial charge in [-0.25, -0.2) is 4.99 Å². The van der Waals surface area contributed by atoms with Crippen molar-refractivity contribution in [2.75, 3.05) is 13.2 Å². The van der Waals surface area contributed by atoms with Gasteiger partial charge in [0.1, 0.15) is 18.8 Å². The topological polar surface area (TPSA) is 47.9 Å². The van der Waals surface area contributed by atoms with Crippen molar-refractivity contribution in [1.82, 2.24) is 0 Å².